The molecule has 1 aromatic rings. The SMILES string of the molecule is CCCCCN(CCCCC)C(=O)c1ccco1. The summed E-state index contributed by atoms with van der Waals surface area (Å²) in [7, 11) is 0. The van der Waals surface area contributed by atoms with Gasteiger partial charge in [0.1, 0.15) is 0 Å². The molecule has 1 aromatic heterocycles. The molecule has 0 unspecified atom stereocenters. The molecule has 18 heavy (non-hydrogen) atoms. The molecule has 1 amide bonds. The van der Waals surface area contributed by atoms with Crippen LogP contribution in [-0.4, -0.2) is 23.9 Å². The molecule has 1 rings (SSSR count). The second kappa shape index (κ2) is 8.78. The van der Waals surface area contributed by atoms with E-state index in [9.17, 15) is 4.79 Å². The zero-order valence-corrected chi connectivity index (χ0v) is 11.7. The van der Waals surface area contributed by atoms with Gasteiger partial charge in [0.2, 0.25) is 0 Å². The van der Waals surface area contributed by atoms with E-state index in [0.29, 0.717) is 5.76 Å². The Labute approximate surface area is 110 Å². The van der Waals surface area contributed by atoms with Crippen LogP contribution >= 0.6 is 0 Å². The lowest BCUT2D eigenvalue weighted by atomic mass is 10.2. The lowest BCUT2D eigenvalue weighted by molar-refractivity contribution is 0.0717. The van der Waals surface area contributed by atoms with E-state index in [1.165, 1.54) is 25.7 Å². The maximum absolute atomic E-state index is 12.2. The van der Waals surface area contributed by atoms with E-state index in [-0.39, 0.29) is 5.91 Å². The molecule has 0 aliphatic rings. The van der Waals surface area contributed by atoms with Crippen molar-refractivity contribution in [3.8, 4) is 0 Å². The van der Waals surface area contributed by atoms with Gasteiger partial charge in [0, 0.05) is 13.1 Å². The quantitative estimate of drug-likeness (QED) is 0.619. The minimum atomic E-state index is 0.0345. The van der Waals surface area contributed by atoms with Crippen molar-refractivity contribution in [3.63, 3.8) is 0 Å². The van der Waals surface area contributed by atoms with Crippen LogP contribution in [0.1, 0.15) is 62.9 Å². The normalized spacial score (nSPS) is 10.6. The molecule has 0 fully saturated rings. The van der Waals surface area contributed by atoms with Gasteiger partial charge in [-0.1, -0.05) is 39.5 Å². The van der Waals surface area contributed by atoms with Crippen molar-refractivity contribution < 1.29 is 9.21 Å². The van der Waals surface area contributed by atoms with Crippen molar-refractivity contribution in [1.82, 2.24) is 4.90 Å². The first-order chi connectivity index (χ1) is 8.79. The number of rotatable bonds is 9. The van der Waals surface area contributed by atoms with E-state index in [0.717, 1.165) is 25.9 Å². The monoisotopic (exact) mass is 251 g/mol. The predicted octanol–water partition coefficient (Wildman–Crippen LogP) is 4.10. The number of amides is 1. The van der Waals surface area contributed by atoms with Crippen LogP contribution in [0.4, 0.5) is 0 Å². The van der Waals surface area contributed by atoms with Crippen molar-refractivity contribution >= 4 is 5.91 Å². The highest BCUT2D eigenvalue weighted by atomic mass is 16.3. The largest absolute Gasteiger partial charge is 0.459 e. The third-order valence-electron chi connectivity index (χ3n) is 3.08. The average Bonchev–Trinajstić information content (AvgIpc) is 2.90. The lowest BCUT2D eigenvalue weighted by Crippen LogP contribution is -2.32. The highest BCUT2D eigenvalue weighted by Gasteiger charge is 2.17. The van der Waals surface area contributed by atoms with E-state index < -0.39 is 0 Å². The molecule has 0 aliphatic carbocycles. The Morgan fingerprint density at radius 1 is 1.11 bits per heavy atom. The van der Waals surface area contributed by atoms with Crippen LogP contribution in [0, 0.1) is 0 Å². The fourth-order valence-electron chi connectivity index (χ4n) is 1.98. The summed E-state index contributed by atoms with van der Waals surface area (Å²) >= 11 is 0. The van der Waals surface area contributed by atoms with Crippen molar-refractivity contribution in [2.75, 3.05) is 13.1 Å². The molecule has 0 spiro atoms. The highest BCUT2D eigenvalue weighted by Crippen LogP contribution is 2.09. The molecule has 3 nitrogen and oxygen atoms in total. The predicted molar refractivity (Wildman–Crippen MR) is 73.7 cm³/mol. The van der Waals surface area contributed by atoms with Crippen LogP contribution < -0.4 is 0 Å². The summed E-state index contributed by atoms with van der Waals surface area (Å²) in [6.45, 7) is 6.04. The maximum atomic E-state index is 12.2. The van der Waals surface area contributed by atoms with Gasteiger partial charge in [-0.15, -0.1) is 0 Å². The fourth-order valence-corrected chi connectivity index (χ4v) is 1.98. The first kappa shape index (κ1) is 14.8. The number of nitrogens with zero attached hydrogens (tertiary/aromatic N) is 1. The average molecular weight is 251 g/mol. The smallest absolute Gasteiger partial charge is 0.289 e. The van der Waals surface area contributed by atoms with Crippen LogP contribution in [-0.2, 0) is 0 Å². The van der Waals surface area contributed by atoms with Crippen molar-refractivity contribution in [2.45, 2.75) is 52.4 Å². The molecule has 0 saturated heterocycles. The topological polar surface area (TPSA) is 33.5 Å². The Hall–Kier alpha value is -1.25. The number of unbranched alkanes of at least 4 members (excludes halogenated alkanes) is 4. The Bertz CT molecular complexity index is 309. The van der Waals surface area contributed by atoms with Gasteiger partial charge < -0.3 is 9.32 Å². The van der Waals surface area contributed by atoms with Gasteiger partial charge in [0.15, 0.2) is 5.76 Å². The molecule has 0 radical (unpaired) electrons. The molecule has 0 saturated carbocycles. The zero-order chi connectivity index (χ0) is 13.2. The minimum Gasteiger partial charge on any atom is -0.459 e. The third-order valence-corrected chi connectivity index (χ3v) is 3.08. The molecule has 0 aliphatic heterocycles. The summed E-state index contributed by atoms with van der Waals surface area (Å²) in [5.41, 5.74) is 0. The van der Waals surface area contributed by atoms with E-state index in [1.54, 1.807) is 18.4 Å². The molecular formula is C15H25NO2. The molecule has 0 atom stereocenters. The summed E-state index contributed by atoms with van der Waals surface area (Å²) in [6, 6.07) is 3.51. The number of carbonyl (C=O) groups is 1. The Kier molecular flexibility index (Phi) is 7.23. The van der Waals surface area contributed by atoms with E-state index >= 15 is 0 Å². The standard InChI is InChI=1S/C15H25NO2/c1-3-5-7-11-16(12-8-6-4-2)15(17)14-10-9-13-18-14/h9-10,13H,3-8,11-12H2,1-2H3. The van der Waals surface area contributed by atoms with Gasteiger partial charge in [0.05, 0.1) is 6.26 Å². The van der Waals surface area contributed by atoms with Gasteiger partial charge >= 0.3 is 0 Å². The van der Waals surface area contributed by atoms with Crippen LogP contribution in [0.25, 0.3) is 0 Å². The van der Waals surface area contributed by atoms with Gasteiger partial charge in [-0.3, -0.25) is 4.79 Å². The van der Waals surface area contributed by atoms with Gasteiger partial charge in [0.25, 0.3) is 5.91 Å². The zero-order valence-electron chi connectivity index (χ0n) is 11.7. The minimum absolute atomic E-state index is 0.0345. The van der Waals surface area contributed by atoms with E-state index in [2.05, 4.69) is 13.8 Å². The molecule has 0 N–H and O–H groups in total. The summed E-state index contributed by atoms with van der Waals surface area (Å²) < 4.78 is 5.20. The fraction of sp³-hybridized carbons (Fsp3) is 0.667. The van der Waals surface area contributed by atoms with Gasteiger partial charge in [-0.25, -0.2) is 0 Å². The Morgan fingerprint density at radius 2 is 1.72 bits per heavy atom. The second-order valence-corrected chi connectivity index (χ2v) is 4.68. The van der Waals surface area contributed by atoms with Crippen LogP contribution in [0.5, 0.6) is 0 Å². The number of carbonyl (C=O) groups excluding carboxylic acids is 1. The highest BCUT2D eigenvalue weighted by molar-refractivity contribution is 5.91. The number of hydrogen-bond acceptors (Lipinski definition) is 2. The Balaban J connectivity index is 2.49. The van der Waals surface area contributed by atoms with Gasteiger partial charge in [-0.2, -0.15) is 0 Å². The van der Waals surface area contributed by atoms with E-state index in [4.69, 9.17) is 4.42 Å². The summed E-state index contributed by atoms with van der Waals surface area (Å²) in [5.74, 6) is 0.496. The van der Waals surface area contributed by atoms with E-state index in [1.807, 2.05) is 4.90 Å². The lowest BCUT2D eigenvalue weighted by Gasteiger charge is -2.21. The first-order valence-electron chi connectivity index (χ1n) is 7.12. The van der Waals surface area contributed by atoms with Crippen molar-refractivity contribution in [1.29, 1.82) is 0 Å². The van der Waals surface area contributed by atoms with Crippen LogP contribution in [0.2, 0.25) is 0 Å². The Morgan fingerprint density at radius 3 is 2.17 bits per heavy atom. The third kappa shape index (κ3) is 4.94. The number of hydrogen-bond donors (Lipinski definition) is 0. The number of furan rings is 1. The summed E-state index contributed by atoms with van der Waals surface area (Å²) in [4.78, 5) is 14.2. The van der Waals surface area contributed by atoms with Crippen LogP contribution in [0.15, 0.2) is 22.8 Å². The molecule has 0 aromatic carbocycles. The van der Waals surface area contributed by atoms with Crippen LogP contribution in [0.3, 0.4) is 0 Å². The molecule has 1 heterocycles. The van der Waals surface area contributed by atoms with Gasteiger partial charge in [-0.05, 0) is 25.0 Å². The molecule has 3 heteroatoms. The first-order valence-corrected chi connectivity index (χ1v) is 7.12. The molecule has 0 bridgehead atoms. The maximum Gasteiger partial charge on any atom is 0.289 e. The second-order valence-electron chi connectivity index (χ2n) is 4.68. The molecule has 102 valence electrons. The summed E-state index contributed by atoms with van der Waals surface area (Å²) in [6.07, 6.45) is 8.43. The van der Waals surface area contributed by atoms with Crippen molar-refractivity contribution in [3.05, 3.63) is 24.2 Å². The van der Waals surface area contributed by atoms with Crippen molar-refractivity contribution in [2.24, 2.45) is 0 Å². The summed E-state index contributed by atoms with van der Waals surface area (Å²) in [5, 5.41) is 0. The molecular weight excluding hydrogens is 226 g/mol.